The van der Waals surface area contributed by atoms with Crippen LogP contribution < -0.4 is 11.1 Å². The highest BCUT2D eigenvalue weighted by atomic mass is 79.9. The van der Waals surface area contributed by atoms with Gasteiger partial charge in [0.1, 0.15) is 11.6 Å². The SMILES string of the molecule is Nc1cc(NCc2cc(Br)cs2)nc(-c2ccccc2)n1. The van der Waals surface area contributed by atoms with Gasteiger partial charge in [-0.1, -0.05) is 30.3 Å². The number of hydrogen-bond donors (Lipinski definition) is 2. The fourth-order valence-corrected chi connectivity index (χ4v) is 3.29. The molecule has 0 saturated carbocycles. The van der Waals surface area contributed by atoms with E-state index in [1.165, 1.54) is 4.88 Å². The molecule has 0 saturated heterocycles. The molecule has 0 aliphatic rings. The fraction of sp³-hybridized carbons (Fsp3) is 0.0667. The van der Waals surface area contributed by atoms with Crippen molar-refractivity contribution < 1.29 is 0 Å². The van der Waals surface area contributed by atoms with Gasteiger partial charge >= 0.3 is 0 Å². The molecule has 0 atom stereocenters. The smallest absolute Gasteiger partial charge is 0.163 e. The highest BCUT2D eigenvalue weighted by molar-refractivity contribution is 9.10. The molecule has 2 aromatic heterocycles. The number of anilines is 2. The average Bonchev–Trinajstić information content (AvgIpc) is 2.91. The second-order valence-electron chi connectivity index (χ2n) is 4.45. The lowest BCUT2D eigenvalue weighted by atomic mass is 10.2. The van der Waals surface area contributed by atoms with Crippen molar-refractivity contribution in [2.24, 2.45) is 0 Å². The zero-order chi connectivity index (χ0) is 14.7. The summed E-state index contributed by atoms with van der Waals surface area (Å²) >= 11 is 5.14. The van der Waals surface area contributed by atoms with E-state index in [0.29, 0.717) is 18.2 Å². The lowest BCUT2D eigenvalue weighted by molar-refractivity contribution is 1.11. The summed E-state index contributed by atoms with van der Waals surface area (Å²) in [6.45, 7) is 0.709. The number of nitrogens with two attached hydrogens (primary N) is 1. The van der Waals surface area contributed by atoms with Gasteiger partial charge < -0.3 is 11.1 Å². The van der Waals surface area contributed by atoms with Gasteiger partial charge in [-0.25, -0.2) is 9.97 Å². The summed E-state index contributed by atoms with van der Waals surface area (Å²) in [4.78, 5) is 10.0. The van der Waals surface area contributed by atoms with Crippen LogP contribution in [0.1, 0.15) is 4.88 Å². The highest BCUT2D eigenvalue weighted by Crippen LogP contribution is 2.22. The first-order valence-corrected chi connectivity index (χ1v) is 8.05. The predicted octanol–water partition coefficient (Wildman–Crippen LogP) is 4.16. The summed E-state index contributed by atoms with van der Waals surface area (Å²) in [7, 11) is 0. The molecule has 0 unspecified atom stereocenters. The molecule has 0 radical (unpaired) electrons. The van der Waals surface area contributed by atoms with Gasteiger partial charge in [-0.2, -0.15) is 0 Å². The number of nitrogens with zero attached hydrogens (tertiary/aromatic N) is 2. The molecule has 0 spiro atoms. The summed E-state index contributed by atoms with van der Waals surface area (Å²) in [5.41, 5.74) is 6.82. The van der Waals surface area contributed by atoms with Gasteiger partial charge in [0, 0.05) is 26.4 Å². The van der Waals surface area contributed by atoms with Crippen molar-refractivity contribution in [3.63, 3.8) is 0 Å². The largest absolute Gasteiger partial charge is 0.384 e. The van der Waals surface area contributed by atoms with E-state index in [2.05, 4.69) is 42.7 Å². The summed E-state index contributed by atoms with van der Waals surface area (Å²) in [6.07, 6.45) is 0. The molecular formula is C15H13BrN4S. The van der Waals surface area contributed by atoms with Crippen molar-refractivity contribution in [2.45, 2.75) is 6.54 Å². The van der Waals surface area contributed by atoms with Crippen LogP contribution in [0.4, 0.5) is 11.6 Å². The molecule has 3 rings (SSSR count). The van der Waals surface area contributed by atoms with Crippen molar-refractivity contribution in [1.82, 2.24) is 9.97 Å². The van der Waals surface area contributed by atoms with Crippen LogP contribution in [0.25, 0.3) is 11.4 Å². The van der Waals surface area contributed by atoms with Crippen LogP contribution in [-0.2, 0) is 6.54 Å². The highest BCUT2D eigenvalue weighted by Gasteiger charge is 2.05. The monoisotopic (exact) mass is 360 g/mol. The van der Waals surface area contributed by atoms with Gasteiger partial charge in [0.25, 0.3) is 0 Å². The van der Waals surface area contributed by atoms with E-state index in [-0.39, 0.29) is 0 Å². The van der Waals surface area contributed by atoms with Gasteiger partial charge in [0.15, 0.2) is 5.82 Å². The van der Waals surface area contributed by atoms with Crippen LogP contribution in [0.3, 0.4) is 0 Å². The van der Waals surface area contributed by atoms with Crippen LogP contribution in [0.5, 0.6) is 0 Å². The Hall–Kier alpha value is -1.92. The van der Waals surface area contributed by atoms with Crippen LogP contribution in [-0.4, -0.2) is 9.97 Å². The molecule has 4 nitrogen and oxygen atoms in total. The molecule has 106 valence electrons. The molecule has 0 amide bonds. The lowest BCUT2D eigenvalue weighted by Crippen LogP contribution is -2.04. The van der Waals surface area contributed by atoms with E-state index in [0.717, 1.165) is 15.9 Å². The zero-order valence-corrected chi connectivity index (χ0v) is 13.5. The van der Waals surface area contributed by atoms with Crippen molar-refractivity contribution in [2.75, 3.05) is 11.1 Å². The number of halogens is 1. The Bertz CT molecular complexity index is 742. The number of rotatable bonds is 4. The fourth-order valence-electron chi connectivity index (χ4n) is 1.90. The second kappa shape index (κ2) is 6.24. The van der Waals surface area contributed by atoms with E-state index in [9.17, 15) is 0 Å². The molecule has 0 aliphatic heterocycles. The third-order valence-electron chi connectivity index (χ3n) is 2.84. The van der Waals surface area contributed by atoms with Crippen molar-refractivity contribution in [1.29, 1.82) is 0 Å². The van der Waals surface area contributed by atoms with E-state index >= 15 is 0 Å². The van der Waals surface area contributed by atoms with Crippen molar-refractivity contribution in [3.8, 4) is 11.4 Å². The minimum absolute atomic E-state index is 0.457. The predicted molar refractivity (Wildman–Crippen MR) is 91.2 cm³/mol. The van der Waals surface area contributed by atoms with Crippen LogP contribution in [0, 0.1) is 0 Å². The number of hydrogen-bond acceptors (Lipinski definition) is 5. The Kier molecular flexibility index (Phi) is 4.17. The molecule has 2 heterocycles. The lowest BCUT2D eigenvalue weighted by Gasteiger charge is -2.07. The summed E-state index contributed by atoms with van der Waals surface area (Å²) in [6, 6.07) is 13.6. The van der Waals surface area contributed by atoms with Crippen molar-refractivity contribution in [3.05, 3.63) is 57.2 Å². The number of thiophene rings is 1. The molecule has 0 bridgehead atoms. The molecule has 3 aromatic rings. The first kappa shape index (κ1) is 14.0. The molecule has 6 heteroatoms. The first-order valence-electron chi connectivity index (χ1n) is 6.37. The molecule has 0 fully saturated rings. The summed E-state index contributed by atoms with van der Waals surface area (Å²) < 4.78 is 1.09. The maximum Gasteiger partial charge on any atom is 0.163 e. The third kappa shape index (κ3) is 3.59. The van der Waals surface area contributed by atoms with Crippen LogP contribution in [0.15, 0.2) is 52.3 Å². The normalized spacial score (nSPS) is 10.5. The van der Waals surface area contributed by atoms with E-state index in [1.54, 1.807) is 17.4 Å². The maximum atomic E-state index is 5.87. The Morgan fingerprint density at radius 2 is 1.95 bits per heavy atom. The van der Waals surface area contributed by atoms with Gasteiger partial charge in [-0.3, -0.25) is 0 Å². The third-order valence-corrected chi connectivity index (χ3v) is 4.54. The van der Waals surface area contributed by atoms with Gasteiger partial charge in [-0.05, 0) is 22.0 Å². The van der Waals surface area contributed by atoms with Gasteiger partial charge in [-0.15, -0.1) is 11.3 Å². The minimum atomic E-state index is 0.457. The van der Waals surface area contributed by atoms with Crippen LogP contribution in [0.2, 0.25) is 0 Å². The quantitative estimate of drug-likeness (QED) is 0.732. The Morgan fingerprint density at radius 1 is 1.14 bits per heavy atom. The molecule has 21 heavy (non-hydrogen) atoms. The molecule has 3 N–H and O–H groups in total. The van der Waals surface area contributed by atoms with Crippen molar-refractivity contribution >= 4 is 38.9 Å². The summed E-state index contributed by atoms with van der Waals surface area (Å²) in [5, 5.41) is 5.34. The maximum absolute atomic E-state index is 5.87. The zero-order valence-electron chi connectivity index (χ0n) is 11.1. The number of nitrogens with one attached hydrogen (secondary N) is 1. The van der Waals surface area contributed by atoms with Crippen LogP contribution >= 0.6 is 27.3 Å². The minimum Gasteiger partial charge on any atom is -0.384 e. The molecule has 1 aromatic carbocycles. The molecular weight excluding hydrogens is 348 g/mol. The number of aromatic nitrogens is 2. The first-order chi connectivity index (χ1) is 10.2. The van der Waals surface area contributed by atoms with Gasteiger partial charge in [0.05, 0.1) is 6.54 Å². The number of benzene rings is 1. The average molecular weight is 361 g/mol. The number of nitrogen functional groups attached to an aromatic ring is 1. The van der Waals surface area contributed by atoms with Gasteiger partial charge in [0.2, 0.25) is 0 Å². The Morgan fingerprint density at radius 3 is 2.67 bits per heavy atom. The summed E-state index contributed by atoms with van der Waals surface area (Å²) in [5.74, 6) is 1.81. The molecule has 0 aliphatic carbocycles. The van der Waals surface area contributed by atoms with E-state index < -0.39 is 0 Å². The van der Waals surface area contributed by atoms with E-state index in [4.69, 9.17) is 5.73 Å². The second-order valence-corrected chi connectivity index (χ2v) is 6.36. The Balaban J connectivity index is 1.81. The van der Waals surface area contributed by atoms with E-state index in [1.807, 2.05) is 30.3 Å². The Labute approximate surface area is 135 Å². The topological polar surface area (TPSA) is 63.8 Å². The standard InChI is InChI=1S/C15H13BrN4S/c16-11-6-12(21-9-11)8-18-14-7-13(17)19-15(20-14)10-4-2-1-3-5-10/h1-7,9H,8H2,(H3,17,18,19,20).